The summed E-state index contributed by atoms with van der Waals surface area (Å²) in [5.41, 5.74) is 5.75. The monoisotopic (exact) mass is 301 g/mol. The zero-order valence-corrected chi connectivity index (χ0v) is 13.9. The minimum Gasteiger partial charge on any atom is -0.479 e. The summed E-state index contributed by atoms with van der Waals surface area (Å²) in [7, 11) is 0. The molecule has 4 N–H and O–H groups in total. The minimum absolute atomic E-state index is 0.0464. The van der Waals surface area contributed by atoms with E-state index in [0.717, 1.165) is 12.8 Å². The average Bonchev–Trinajstić information content (AvgIpc) is 2.47. The molecule has 3 atom stereocenters. The first-order chi connectivity index (χ1) is 10.0. The lowest BCUT2D eigenvalue weighted by Gasteiger charge is -2.22. The number of nitrogens with two attached hydrogens (primary N) is 1. The number of carbonyl (C=O) groups is 1. The first-order valence-corrected chi connectivity index (χ1v) is 8.67. The molecule has 0 aliphatic carbocycles. The molecule has 0 rings (SSSR count). The van der Waals surface area contributed by atoms with Crippen LogP contribution in [-0.2, 0) is 4.79 Å². The fourth-order valence-electron chi connectivity index (χ4n) is 2.62. The van der Waals surface area contributed by atoms with E-state index in [-0.39, 0.29) is 5.92 Å². The van der Waals surface area contributed by atoms with E-state index in [1.54, 1.807) is 0 Å². The van der Waals surface area contributed by atoms with Crippen molar-refractivity contribution in [1.29, 1.82) is 0 Å². The number of aliphatic hydroxyl groups excluding tert-OH is 1. The number of hydrogen-bond acceptors (Lipinski definition) is 3. The van der Waals surface area contributed by atoms with Gasteiger partial charge in [0.05, 0.1) is 0 Å². The molecule has 0 radical (unpaired) electrons. The summed E-state index contributed by atoms with van der Waals surface area (Å²) in [4.78, 5) is 10.7. The van der Waals surface area contributed by atoms with E-state index in [1.165, 1.54) is 57.8 Å². The molecule has 1 unspecified atom stereocenters. The molecule has 0 aromatic rings. The van der Waals surface area contributed by atoms with Crippen LogP contribution in [0.2, 0.25) is 0 Å². The summed E-state index contributed by atoms with van der Waals surface area (Å²) < 4.78 is 0. The molecule has 21 heavy (non-hydrogen) atoms. The number of rotatable bonds is 14. The molecule has 126 valence electrons. The average molecular weight is 301 g/mol. The van der Waals surface area contributed by atoms with Gasteiger partial charge in [-0.05, 0) is 12.3 Å². The van der Waals surface area contributed by atoms with Gasteiger partial charge in [-0.25, -0.2) is 4.79 Å². The van der Waals surface area contributed by atoms with Gasteiger partial charge in [-0.15, -0.1) is 0 Å². The van der Waals surface area contributed by atoms with Crippen molar-refractivity contribution >= 4 is 5.97 Å². The van der Waals surface area contributed by atoms with Gasteiger partial charge in [0.15, 0.2) is 6.10 Å². The zero-order valence-electron chi connectivity index (χ0n) is 13.9. The number of hydrogen-bond donors (Lipinski definition) is 3. The molecule has 0 fully saturated rings. The van der Waals surface area contributed by atoms with Gasteiger partial charge in [-0.2, -0.15) is 0 Å². The molecular formula is C17H35NO3. The third-order valence-electron chi connectivity index (χ3n) is 4.29. The van der Waals surface area contributed by atoms with Gasteiger partial charge >= 0.3 is 5.97 Å². The van der Waals surface area contributed by atoms with Crippen molar-refractivity contribution in [2.24, 2.45) is 11.7 Å². The van der Waals surface area contributed by atoms with Gasteiger partial charge in [0, 0.05) is 6.04 Å². The second-order valence-corrected chi connectivity index (χ2v) is 6.31. The number of carboxylic acids is 1. The van der Waals surface area contributed by atoms with Crippen LogP contribution >= 0.6 is 0 Å². The minimum atomic E-state index is -1.44. The van der Waals surface area contributed by atoms with Crippen LogP contribution in [0.1, 0.15) is 84.5 Å². The summed E-state index contributed by atoms with van der Waals surface area (Å²) in [6.07, 6.45) is 12.3. The largest absolute Gasteiger partial charge is 0.479 e. The van der Waals surface area contributed by atoms with Crippen LogP contribution in [0.15, 0.2) is 0 Å². The van der Waals surface area contributed by atoms with Crippen molar-refractivity contribution < 1.29 is 15.0 Å². The fourth-order valence-corrected chi connectivity index (χ4v) is 2.62. The maximum Gasteiger partial charge on any atom is 0.334 e. The molecule has 0 amide bonds. The molecule has 0 spiro atoms. The van der Waals surface area contributed by atoms with Crippen molar-refractivity contribution in [3.8, 4) is 0 Å². The Labute approximate surface area is 130 Å². The van der Waals surface area contributed by atoms with Crippen LogP contribution in [-0.4, -0.2) is 28.3 Å². The van der Waals surface area contributed by atoms with E-state index in [0.29, 0.717) is 0 Å². The molecule has 0 saturated heterocycles. The van der Waals surface area contributed by atoms with Crippen molar-refractivity contribution in [2.75, 3.05) is 0 Å². The Morgan fingerprint density at radius 1 is 0.952 bits per heavy atom. The molecule has 0 heterocycles. The molecule has 0 aromatic heterocycles. The Morgan fingerprint density at radius 2 is 1.38 bits per heavy atom. The summed E-state index contributed by atoms with van der Waals surface area (Å²) in [6.45, 7) is 4.16. The number of aliphatic hydroxyl groups is 1. The quantitative estimate of drug-likeness (QED) is 0.427. The van der Waals surface area contributed by atoms with Crippen LogP contribution in [0.5, 0.6) is 0 Å². The van der Waals surface area contributed by atoms with Crippen molar-refractivity contribution in [2.45, 2.75) is 96.6 Å². The molecule has 0 bridgehead atoms. The number of carboxylic acid groups (broad SMARTS) is 1. The van der Waals surface area contributed by atoms with Gasteiger partial charge in [0.25, 0.3) is 0 Å². The van der Waals surface area contributed by atoms with Crippen molar-refractivity contribution in [3.63, 3.8) is 0 Å². The van der Waals surface area contributed by atoms with E-state index < -0.39 is 18.1 Å². The summed E-state index contributed by atoms with van der Waals surface area (Å²) in [5, 5.41) is 18.1. The Morgan fingerprint density at radius 3 is 1.81 bits per heavy atom. The lowest BCUT2D eigenvalue weighted by atomic mass is 9.92. The highest BCUT2D eigenvalue weighted by molar-refractivity contribution is 5.72. The second kappa shape index (κ2) is 13.1. The number of unbranched alkanes of at least 4 members (excludes halogenated alkanes) is 9. The third kappa shape index (κ3) is 10.7. The van der Waals surface area contributed by atoms with E-state index in [2.05, 4.69) is 6.92 Å². The van der Waals surface area contributed by atoms with E-state index >= 15 is 0 Å². The molecule has 4 nitrogen and oxygen atoms in total. The predicted octanol–water partition coefficient (Wildman–Crippen LogP) is 3.71. The first kappa shape index (κ1) is 20.4. The maximum atomic E-state index is 10.7. The Balaban J connectivity index is 3.44. The van der Waals surface area contributed by atoms with E-state index in [9.17, 15) is 9.90 Å². The standard InChI is InChI=1S/C17H35NO3/c1-3-4-5-6-7-8-9-10-11-12-13-14(2)15(18)16(19)17(20)21/h14-16,19H,3-13,18H2,1-2H3,(H,20,21)/t14-,15+,16?/m0/s1. The van der Waals surface area contributed by atoms with Gasteiger partial charge in [0.2, 0.25) is 0 Å². The highest BCUT2D eigenvalue weighted by Gasteiger charge is 2.26. The Kier molecular flexibility index (Phi) is 12.7. The Hall–Kier alpha value is -0.610. The Bertz CT molecular complexity index is 258. The molecular weight excluding hydrogens is 266 g/mol. The lowest BCUT2D eigenvalue weighted by molar-refractivity contribution is -0.148. The SMILES string of the molecule is CCCCCCCCCCCC[C@H](C)[C@@H](N)C(O)C(=O)O. The van der Waals surface area contributed by atoms with Gasteiger partial charge in [-0.1, -0.05) is 78.1 Å². The summed E-state index contributed by atoms with van der Waals surface area (Å²) in [6, 6.07) is -0.666. The molecule has 0 saturated carbocycles. The highest BCUT2D eigenvalue weighted by Crippen LogP contribution is 2.16. The van der Waals surface area contributed by atoms with Crippen molar-refractivity contribution in [1.82, 2.24) is 0 Å². The third-order valence-corrected chi connectivity index (χ3v) is 4.29. The van der Waals surface area contributed by atoms with Crippen LogP contribution in [0, 0.1) is 5.92 Å². The maximum absolute atomic E-state index is 10.7. The highest BCUT2D eigenvalue weighted by atomic mass is 16.4. The van der Waals surface area contributed by atoms with E-state index in [4.69, 9.17) is 10.8 Å². The fraction of sp³-hybridized carbons (Fsp3) is 0.941. The predicted molar refractivity (Wildman–Crippen MR) is 87.2 cm³/mol. The van der Waals surface area contributed by atoms with Gasteiger partial charge < -0.3 is 15.9 Å². The van der Waals surface area contributed by atoms with Gasteiger partial charge in [0.1, 0.15) is 0 Å². The molecule has 4 heteroatoms. The van der Waals surface area contributed by atoms with Crippen LogP contribution < -0.4 is 5.73 Å². The van der Waals surface area contributed by atoms with Crippen molar-refractivity contribution in [3.05, 3.63) is 0 Å². The molecule has 0 aliphatic rings. The summed E-state index contributed by atoms with van der Waals surface area (Å²) in [5.74, 6) is -1.18. The van der Waals surface area contributed by atoms with Gasteiger partial charge in [-0.3, -0.25) is 0 Å². The lowest BCUT2D eigenvalue weighted by Crippen LogP contribution is -2.44. The number of aliphatic carboxylic acids is 1. The molecule has 0 aromatic carbocycles. The summed E-state index contributed by atoms with van der Waals surface area (Å²) >= 11 is 0. The van der Waals surface area contributed by atoms with Crippen LogP contribution in [0.3, 0.4) is 0 Å². The second-order valence-electron chi connectivity index (χ2n) is 6.31. The normalized spacial score (nSPS) is 15.6. The zero-order chi connectivity index (χ0) is 16.1. The van der Waals surface area contributed by atoms with Crippen LogP contribution in [0.25, 0.3) is 0 Å². The van der Waals surface area contributed by atoms with E-state index in [1.807, 2.05) is 6.92 Å². The molecule has 0 aliphatic heterocycles. The smallest absolute Gasteiger partial charge is 0.334 e. The van der Waals surface area contributed by atoms with Crippen LogP contribution in [0.4, 0.5) is 0 Å². The first-order valence-electron chi connectivity index (χ1n) is 8.67. The topological polar surface area (TPSA) is 83.5 Å².